The van der Waals surface area contributed by atoms with E-state index in [-0.39, 0.29) is 48.0 Å². The molecule has 0 bridgehead atoms. The highest BCUT2D eigenvalue weighted by Crippen LogP contribution is 2.33. The second-order valence-corrected chi connectivity index (χ2v) is 7.60. The van der Waals surface area contributed by atoms with E-state index in [9.17, 15) is 14.4 Å². The normalized spacial score (nSPS) is 10.7. The van der Waals surface area contributed by atoms with Crippen LogP contribution in [0.15, 0.2) is 79.3 Å². The van der Waals surface area contributed by atoms with Crippen molar-refractivity contribution in [3.63, 3.8) is 0 Å². The minimum Gasteiger partial charge on any atom is -0.493 e. The van der Waals surface area contributed by atoms with Crippen LogP contribution in [0.1, 0.15) is 16.9 Å². The molecular formula is C26H23NO8. The third-order valence-electron chi connectivity index (χ3n) is 5.23. The molecule has 4 rings (SSSR count). The molecule has 2 aromatic carbocycles. The van der Waals surface area contributed by atoms with Crippen LogP contribution in [0.5, 0.6) is 17.2 Å². The number of carbonyl (C=O) groups is 1. The molecule has 0 spiro atoms. The number of ether oxygens (including phenoxy) is 3. The van der Waals surface area contributed by atoms with Crippen molar-refractivity contribution in [1.82, 2.24) is 5.32 Å². The molecule has 0 atom stereocenters. The predicted molar refractivity (Wildman–Crippen MR) is 127 cm³/mol. The quantitative estimate of drug-likeness (QED) is 0.365. The predicted octanol–water partition coefficient (Wildman–Crippen LogP) is 3.20. The van der Waals surface area contributed by atoms with E-state index >= 15 is 0 Å². The summed E-state index contributed by atoms with van der Waals surface area (Å²) in [6, 6.07) is 15.1. The fraction of sp³-hybridized carbons (Fsp3) is 0.192. The summed E-state index contributed by atoms with van der Waals surface area (Å²) in [4.78, 5) is 36.9. The van der Waals surface area contributed by atoms with Crippen molar-refractivity contribution in [2.75, 3.05) is 14.2 Å². The average molecular weight is 477 g/mol. The molecule has 0 saturated carbocycles. The molecule has 180 valence electrons. The Kier molecular flexibility index (Phi) is 7.15. The Balaban J connectivity index is 1.42. The summed E-state index contributed by atoms with van der Waals surface area (Å²) in [5.41, 5.74) is 0.700. The van der Waals surface area contributed by atoms with E-state index in [4.69, 9.17) is 23.0 Å². The standard InChI is InChI=1S/C26H23NO8/c1-31-22-11-19-17(9-26(30)35-21(19)12-23(22)32-2)8-25(29)27-13-18-10-20(28)24(15-33-18)34-14-16-6-4-3-5-7-16/h3-7,9-12,15H,8,13-14H2,1-2H3,(H,27,29). The van der Waals surface area contributed by atoms with Gasteiger partial charge in [0.05, 0.1) is 27.2 Å². The SMILES string of the molecule is COc1cc2oc(=O)cc(CC(=O)NCc3cc(=O)c(OCc4ccccc4)co3)c2cc1OC. The molecule has 9 heteroatoms. The van der Waals surface area contributed by atoms with E-state index in [1.165, 1.54) is 38.7 Å². The van der Waals surface area contributed by atoms with Crippen molar-refractivity contribution in [2.24, 2.45) is 0 Å². The first kappa shape index (κ1) is 23.6. The number of methoxy groups -OCH3 is 2. The number of amides is 1. The van der Waals surface area contributed by atoms with E-state index in [0.717, 1.165) is 5.56 Å². The Hall–Kier alpha value is -4.53. The van der Waals surface area contributed by atoms with Gasteiger partial charge in [0.1, 0.15) is 24.2 Å². The van der Waals surface area contributed by atoms with Crippen LogP contribution in [0.2, 0.25) is 0 Å². The summed E-state index contributed by atoms with van der Waals surface area (Å²) in [6.45, 7) is 0.223. The third kappa shape index (κ3) is 5.70. The van der Waals surface area contributed by atoms with Gasteiger partial charge in [-0.25, -0.2) is 4.79 Å². The number of hydrogen-bond acceptors (Lipinski definition) is 8. The fourth-order valence-electron chi connectivity index (χ4n) is 3.49. The van der Waals surface area contributed by atoms with Crippen LogP contribution in [0.25, 0.3) is 11.0 Å². The molecule has 0 aliphatic carbocycles. The highest BCUT2D eigenvalue weighted by molar-refractivity contribution is 5.89. The molecule has 2 aromatic heterocycles. The highest BCUT2D eigenvalue weighted by atomic mass is 16.5. The summed E-state index contributed by atoms with van der Waals surface area (Å²) >= 11 is 0. The van der Waals surface area contributed by atoms with Crippen LogP contribution < -0.4 is 30.6 Å². The van der Waals surface area contributed by atoms with Crippen LogP contribution in [0.4, 0.5) is 0 Å². The minimum absolute atomic E-state index is 0.0104. The van der Waals surface area contributed by atoms with Gasteiger partial charge in [0.15, 0.2) is 11.5 Å². The van der Waals surface area contributed by atoms with Gasteiger partial charge in [0, 0.05) is 23.6 Å². The second-order valence-electron chi connectivity index (χ2n) is 7.60. The Morgan fingerprint density at radius 1 is 0.943 bits per heavy atom. The Morgan fingerprint density at radius 3 is 2.40 bits per heavy atom. The average Bonchev–Trinajstić information content (AvgIpc) is 2.86. The van der Waals surface area contributed by atoms with Gasteiger partial charge < -0.3 is 28.4 Å². The highest BCUT2D eigenvalue weighted by Gasteiger charge is 2.15. The lowest BCUT2D eigenvalue weighted by Gasteiger charge is -2.11. The Labute approximate surface area is 199 Å². The smallest absolute Gasteiger partial charge is 0.336 e. The van der Waals surface area contributed by atoms with Gasteiger partial charge in [-0.05, 0) is 17.2 Å². The zero-order valence-corrected chi connectivity index (χ0v) is 19.2. The van der Waals surface area contributed by atoms with Crippen LogP contribution >= 0.6 is 0 Å². The molecule has 9 nitrogen and oxygen atoms in total. The van der Waals surface area contributed by atoms with Crippen molar-refractivity contribution in [1.29, 1.82) is 0 Å². The summed E-state index contributed by atoms with van der Waals surface area (Å²) < 4.78 is 26.7. The largest absolute Gasteiger partial charge is 0.493 e. The third-order valence-corrected chi connectivity index (χ3v) is 5.23. The van der Waals surface area contributed by atoms with Crippen molar-refractivity contribution in [3.8, 4) is 17.2 Å². The lowest BCUT2D eigenvalue weighted by atomic mass is 10.1. The van der Waals surface area contributed by atoms with Gasteiger partial charge in [-0.15, -0.1) is 0 Å². The summed E-state index contributed by atoms with van der Waals surface area (Å²) in [5, 5.41) is 3.23. The van der Waals surface area contributed by atoms with Gasteiger partial charge in [0.25, 0.3) is 0 Å². The van der Waals surface area contributed by atoms with E-state index in [1.54, 1.807) is 6.07 Å². The van der Waals surface area contributed by atoms with Crippen LogP contribution in [0.3, 0.4) is 0 Å². The number of hydrogen-bond donors (Lipinski definition) is 1. The maximum absolute atomic E-state index is 12.6. The van der Waals surface area contributed by atoms with E-state index < -0.39 is 5.63 Å². The van der Waals surface area contributed by atoms with Crippen molar-refractivity contribution in [2.45, 2.75) is 19.6 Å². The van der Waals surface area contributed by atoms with Crippen molar-refractivity contribution in [3.05, 3.63) is 98.4 Å². The first-order valence-corrected chi connectivity index (χ1v) is 10.7. The van der Waals surface area contributed by atoms with Crippen LogP contribution in [0, 0.1) is 0 Å². The lowest BCUT2D eigenvalue weighted by molar-refractivity contribution is -0.120. The zero-order valence-electron chi connectivity index (χ0n) is 19.2. The summed E-state index contributed by atoms with van der Waals surface area (Å²) in [6.07, 6.45) is 1.13. The Bertz CT molecular complexity index is 1460. The van der Waals surface area contributed by atoms with E-state index in [2.05, 4.69) is 5.32 Å². The molecule has 0 unspecified atom stereocenters. The number of benzene rings is 2. The molecule has 1 N–H and O–H groups in total. The molecule has 1 amide bonds. The van der Waals surface area contributed by atoms with Gasteiger partial charge in [-0.2, -0.15) is 0 Å². The Morgan fingerprint density at radius 2 is 1.69 bits per heavy atom. The molecule has 0 fully saturated rings. The maximum atomic E-state index is 12.6. The summed E-state index contributed by atoms with van der Waals surface area (Å²) in [7, 11) is 2.96. The molecule has 0 radical (unpaired) electrons. The number of rotatable bonds is 9. The molecule has 0 aliphatic heterocycles. The number of carbonyl (C=O) groups excluding carboxylic acids is 1. The number of nitrogens with one attached hydrogen (secondary N) is 1. The fourth-order valence-corrected chi connectivity index (χ4v) is 3.49. The number of fused-ring (bicyclic) bond motifs is 1. The summed E-state index contributed by atoms with van der Waals surface area (Å²) in [5.74, 6) is 0.802. The second kappa shape index (κ2) is 10.6. The van der Waals surface area contributed by atoms with Crippen molar-refractivity contribution < 1.29 is 27.8 Å². The topological polar surface area (TPSA) is 117 Å². The van der Waals surface area contributed by atoms with Gasteiger partial charge in [-0.3, -0.25) is 9.59 Å². The molecule has 2 heterocycles. The van der Waals surface area contributed by atoms with Gasteiger partial charge in [-0.1, -0.05) is 30.3 Å². The molecule has 4 aromatic rings. The first-order valence-electron chi connectivity index (χ1n) is 10.7. The van der Waals surface area contributed by atoms with Crippen LogP contribution in [-0.4, -0.2) is 20.1 Å². The van der Waals surface area contributed by atoms with E-state index in [1.807, 2.05) is 30.3 Å². The van der Waals surface area contributed by atoms with Gasteiger partial charge in [0.2, 0.25) is 17.1 Å². The van der Waals surface area contributed by atoms with Gasteiger partial charge >= 0.3 is 5.63 Å². The van der Waals surface area contributed by atoms with Crippen LogP contribution in [-0.2, 0) is 24.4 Å². The monoisotopic (exact) mass is 477 g/mol. The van der Waals surface area contributed by atoms with Crippen molar-refractivity contribution >= 4 is 16.9 Å². The molecule has 35 heavy (non-hydrogen) atoms. The lowest BCUT2D eigenvalue weighted by Crippen LogP contribution is -2.25. The minimum atomic E-state index is -0.593. The zero-order chi connectivity index (χ0) is 24.8. The molecular weight excluding hydrogens is 454 g/mol. The maximum Gasteiger partial charge on any atom is 0.336 e. The first-order chi connectivity index (χ1) is 17.0. The molecule has 0 saturated heterocycles. The van der Waals surface area contributed by atoms with E-state index in [0.29, 0.717) is 22.4 Å². The molecule has 0 aliphatic rings.